The number of nitrogens with two attached hydrogens (primary N) is 1. The second-order valence-corrected chi connectivity index (χ2v) is 19.5. The Labute approximate surface area is 405 Å². The van der Waals surface area contributed by atoms with Crippen LogP contribution in [-0.4, -0.2) is 80.8 Å². The largest absolute Gasteiger partial charge is 0.480 e. The molecule has 0 aliphatic rings. The van der Waals surface area contributed by atoms with E-state index in [1.54, 1.807) is 6.20 Å². The maximum atomic E-state index is 12.8. The number of nitrogens with zero attached hydrogens (tertiary/aromatic N) is 3. The number of carbonyl (C=O) groups excluding carboxylic acids is 3. The maximum Gasteiger partial charge on any atom is 0.472 e. The Balaban J connectivity index is 0.934. The number of hydrogen-bond acceptors (Lipinski definition) is 13. The molecule has 4 N–H and O–H groups in total. The third kappa shape index (κ3) is 19.7. The molecule has 3 atom stereocenters. The summed E-state index contributed by atoms with van der Waals surface area (Å²) in [5, 5.41) is 24.3. The van der Waals surface area contributed by atoms with E-state index in [0.29, 0.717) is 19.3 Å². The highest BCUT2D eigenvalue weighted by Gasteiger charge is 2.28. The minimum atomic E-state index is -4.77. The minimum absolute atomic E-state index is 0.0415. The van der Waals surface area contributed by atoms with Gasteiger partial charge in [0.2, 0.25) is 0 Å². The van der Waals surface area contributed by atoms with Gasteiger partial charge in [-0.1, -0.05) is 169 Å². The average Bonchev–Trinajstić information content (AvgIpc) is 3.79. The van der Waals surface area contributed by atoms with E-state index in [1.165, 1.54) is 84.0 Å². The Kier molecular flexibility index (Phi) is 23.8. The number of aryl methyl sites for hydroxylation is 1. The first-order valence-electron chi connectivity index (χ1n) is 25.1. The van der Waals surface area contributed by atoms with E-state index in [-0.39, 0.29) is 32.6 Å². The number of aliphatic carboxylic acids is 1. The van der Waals surface area contributed by atoms with Gasteiger partial charge in [-0.3, -0.25) is 28.2 Å². The number of esters is 3. The Morgan fingerprint density at radius 2 is 1.20 bits per heavy atom. The topological polar surface area (TPSA) is 229 Å². The maximum absolute atomic E-state index is 12.8. The molecule has 16 nitrogen and oxygen atoms in total. The van der Waals surface area contributed by atoms with Crippen LogP contribution in [-0.2, 0) is 66.6 Å². The van der Waals surface area contributed by atoms with Gasteiger partial charge in [-0.15, -0.1) is 5.10 Å². The van der Waals surface area contributed by atoms with E-state index in [9.17, 15) is 28.6 Å². The number of benzene rings is 4. The number of unbranched alkanes of at least 4 members (excludes halogenated alkanes) is 17. The summed E-state index contributed by atoms with van der Waals surface area (Å²) in [6.45, 7) is 0.538. The van der Waals surface area contributed by atoms with Gasteiger partial charge in [0.05, 0.1) is 18.9 Å². The summed E-state index contributed by atoms with van der Waals surface area (Å²) in [7, 11) is -4.77. The summed E-state index contributed by atoms with van der Waals surface area (Å²) >= 11 is 0. The van der Waals surface area contributed by atoms with E-state index >= 15 is 0 Å². The van der Waals surface area contributed by atoms with Crippen molar-refractivity contribution in [2.24, 2.45) is 5.73 Å². The molecular weight excluding hydrogens is 904 g/mol. The van der Waals surface area contributed by atoms with Crippen molar-refractivity contribution in [3.05, 3.63) is 72.1 Å². The second kappa shape index (κ2) is 29.9. The third-order valence-corrected chi connectivity index (χ3v) is 13.3. The van der Waals surface area contributed by atoms with Crippen molar-refractivity contribution in [1.29, 1.82) is 0 Å². The van der Waals surface area contributed by atoms with Crippen LogP contribution in [0, 0.1) is 0 Å². The lowest BCUT2D eigenvalue weighted by Gasteiger charge is -2.20. The molecule has 17 heteroatoms. The molecule has 0 aliphatic heterocycles. The summed E-state index contributed by atoms with van der Waals surface area (Å²) < 4.78 is 40.0. The summed E-state index contributed by atoms with van der Waals surface area (Å²) in [6.07, 6.45) is 21.8. The van der Waals surface area contributed by atoms with E-state index in [2.05, 4.69) is 70.3 Å². The molecule has 0 bridgehead atoms. The molecule has 0 radical (unpaired) electrons. The summed E-state index contributed by atoms with van der Waals surface area (Å²) in [5.41, 5.74) is 7.08. The normalized spacial score (nSPS) is 13.4. The summed E-state index contributed by atoms with van der Waals surface area (Å²) in [4.78, 5) is 59.2. The third-order valence-electron chi connectivity index (χ3n) is 12.3. The van der Waals surface area contributed by atoms with Gasteiger partial charge in [0.15, 0.2) is 6.10 Å². The number of ether oxygens (including phenoxy) is 3. The van der Waals surface area contributed by atoms with Crippen molar-refractivity contribution in [1.82, 2.24) is 15.0 Å². The standard InChI is InChI=1S/C52H73N4O12P/c1-2-3-4-5-6-7-8-9-10-11-12-16-19-25-47(57)65-36-44(37-66-69(62,63)67-38-46(53)52(60)61)68-48(58)26-20-17-14-13-15-18-24-43-33-56(55-54-43)34-49(59)64-35-42-30-29-41-28-27-39-22-21-23-40-31-32-45(42)51(41)50(39)40/h21-23,27-33,44,46H,2-20,24-26,34-38,53H2,1H3,(H,60,61)(H,62,63)/t44-,46+/m1/s1. The van der Waals surface area contributed by atoms with Crippen LogP contribution in [0.15, 0.2) is 60.8 Å². The van der Waals surface area contributed by atoms with Gasteiger partial charge in [-0.2, -0.15) is 0 Å². The first-order valence-corrected chi connectivity index (χ1v) is 26.6. The molecular formula is C52H73N4O12P. The molecule has 1 heterocycles. The minimum Gasteiger partial charge on any atom is -0.480 e. The van der Waals surface area contributed by atoms with Gasteiger partial charge in [0.1, 0.15) is 25.8 Å². The zero-order valence-electron chi connectivity index (χ0n) is 40.4. The van der Waals surface area contributed by atoms with Crippen LogP contribution in [0.3, 0.4) is 0 Å². The first-order chi connectivity index (χ1) is 33.4. The fourth-order valence-corrected chi connectivity index (χ4v) is 9.22. The fraction of sp³-hybridized carbons (Fsp3) is 0.577. The number of hydrogen-bond donors (Lipinski definition) is 3. The second-order valence-electron chi connectivity index (χ2n) is 18.1. The lowest BCUT2D eigenvalue weighted by atomic mass is 9.92. The van der Waals surface area contributed by atoms with E-state index in [1.807, 2.05) is 6.07 Å². The highest BCUT2D eigenvalue weighted by Crippen LogP contribution is 2.43. The molecule has 4 aromatic carbocycles. The van der Waals surface area contributed by atoms with Crippen LogP contribution in [0.1, 0.15) is 153 Å². The predicted molar refractivity (Wildman–Crippen MR) is 264 cm³/mol. The van der Waals surface area contributed by atoms with Crippen molar-refractivity contribution in [2.45, 2.75) is 173 Å². The number of carbonyl (C=O) groups is 4. The molecule has 0 saturated carbocycles. The van der Waals surface area contributed by atoms with Crippen molar-refractivity contribution >= 4 is 64.0 Å². The Bertz CT molecular complexity index is 2370. The lowest BCUT2D eigenvalue weighted by Crippen LogP contribution is -2.34. The van der Waals surface area contributed by atoms with Crippen LogP contribution in [0.2, 0.25) is 0 Å². The van der Waals surface area contributed by atoms with Gasteiger partial charge in [0, 0.05) is 19.0 Å². The van der Waals surface area contributed by atoms with Gasteiger partial charge in [0.25, 0.3) is 0 Å². The number of carboxylic acid groups (broad SMARTS) is 1. The molecule has 1 unspecified atom stereocenters. The number of rotatable bonds is 37. The van der Waals surface area contributed by atoms with Crippen LogP contribution in [0.5, 0.6) is 0 Å². The Hall–Kier alpha value is -4.99. The number of carboxylic acids is 1. The van der Waals surface area contributed by atoms with Crippen molar-refractivity contribution < 1.29 is 57.0 Å². The van der Waals surface area contributed by atoms with Gasteiger partial charge in [-0.25, -0.2) is 9.25 Å². The van der Waals surface area contributed by atoms with Gasteiger partial charge in [-0.05, 0) is 63.6 Å². The first kappa shape index (κ1) is 54.9. The molecule has 0 amide bonds. The van der Waals surface area contributed by atoms with Gasteiger partial charge < -0.3 is 29.9 Å². The smallest absolute Gasteiger partial charge is 0.472 e. The van der Waals surface area contributed by atoms with Crippen molar-refractivity contribution in [3.8, 4) is 0 Å². The lowest BCUT2D eigenvalue weighted by molar-refractivity contribution is -0.161. The van der Waals surface area contributed by atoms with Crippen LogP contribution in [0.25, 0.3) is 32.3 Å². The average molecular weight is 977 g/mol. The SMILES string of the molecule is CCCCCCCCCCCCCCCC(=O)OC[C@H](COP(=O)(O)OC[C@H](N)C(=O)O)OC(=O)CCCCCCCCc1cn(CC(=O)OCc2ccc3ccc4cccc5ccc2c3c45)nn1. The molecule has 5 aromatic rings. The number of phosphoric acid groups is 1. The zero-order valence-corrected chi connectivity index (χ0v) is 41.3. The summed E-state index contributed by atoms with van der Waals surface area (Å²) in [6, 6.07) is 17.3. The van der Waals surface area contributed by atoms with Gasteiger partial charge >= 0.3 is 31.7 Å². The Morgan fingerprint density at radius 1 is 0.652 bits per heavy atom. The molecule has 1 aromatic heterocycles. The van der Waals surface area contributed by atoms with E-state index in [0.717, 1.165) is 73.4 Å². The zero-order chi connectivity index (χ0) is 49.3. The number of aromatic nitrogens is 3. The number of phosphoric ester groups is 1. The predicted octanol–water partition coefficient (Wildman–Crippen LogP) is 10.7. The molecule has 5 rings (SSSR count). The van der Waals surface area contributed by atoms with Crippen molar-refractivity contribution in [2.75, 3.05) is 19.8 Å². The molecule has 378 valence electrons. The van der Waals surface area contributed by atoms with Crippen LogP contribution < -0.4 is 5.73 Å². The highest BCUT2D eigenvalue weighted by molar-refractivity contribution is 7.47. The molecule has 69 heavy (non-hydrogen) atoms. The summed E-state index contributed by atoms with van der Waals surface area (Å²) in [5.74, 6) is -2.89. The highest BCUT2D eigenvalue weighted by atomic mass is 31.2. The molecule has 0 spiro atoms. The quantitative estimate of drug-likeness (QED) is 0.0111. The molecule has 0 aliphatic carbocycles. The van der Waals surface area contributed by atoms with Crippen molar-refractivity contribution in [3.63, 3.8) is 0 Å². The fourth-order valence-electron chi connectivity index (χ4n) is 8.44. The monoisotopic (exact) mass is 976 g/mol. The van der Waals surface area contributed by atoms with Crippen LogP contribution in [0.4, 0.5) is 0 Å². The van der Waals surface area contributed by atoms with E-state index < -0.39 is 57.1 Å². The Morgan fingerprint density at radius 3 is 1.84 bits per heavy atom. The molecule has 0 fully saturated rings. The van der Waals surface area contributed by atoms with Crippen LogP contribution >= 0.6 is 7.82 Å². The molecule has 0 saturated heterocycles. The van der Waals surface area contributed by atoms with E-state index in [4.69, 9.17) is 29.6 Å².